The van der Waals surface area contributed by atoms with E-state index in [2.05, 4.69) is 27.0 Å². The molecule has 0 aliphatic carbocycles. The van der Waals surface area contributed by atoms with Crippen molar-refractivity contribution in [1.82, 2.24) is 15.6 Å². The Balaban J connectivity index is 1.57. The molecule has 0 spiro atoms. The molecule has 1 aromatic heterocycles. The molecule has 1 aliphatic rings. The summed E-state index contributed by atoms with van der Waals surface area (Å²) in [5.41, 5.74) is 4.28. The molecule has 0 saturated heterocycles. The molecule has 0 saturated carbocycles. The van der Waals surface area contributed by atoms with Gasteiger partial charge in [-0.1, -0.05) is 24.3 Å². The second-order valence-electron chi connectivity index (χ2n) is 8.72. The van der Waals surface area contributed by atoms with E-state index < -0.39 is 6.09 Å². The fraction of sp³-hybridized carbons (Fsp3) is 0.259. The lowest BCUT2D eigenvalue weighted by molar-refractivity contribution is -0.117. The number of fused-ring (bicyclic) bond motifs is 1. The van der Waals surface area contributed by atoms with Crippen LogP contribution in [0.15, 0.2) is 66.9 Å². The minimum atomic E-state index is -1.13. The number of aromatic nitrogens is 1. The van der Waals surface area contributed by atoms with Gasteiger partial charge in [-0.05, 0) is 66.4 Å². The summed E-state index contributed by atoms with van der Waals surface area (Å²) in [6, 6.07) is 19.0. The van der Waals surface area contributed by atoms with E-state index in [-0.39, 0.29) is 37.0 Å². The number of benzene rings is 2. The highest BCUT2D eigenvalue weighted by atomic mass is 16.4. The maximum atomic E-state index is 12.4. The van der Waals surface area contributed by atoms with Crippen molar-refractivity contribution >= 4 is 29.4 Å². The fourth-order valence-electron chi connectivity index (χ4n) is 4.55. The highest BCUT2D eigenvalue weighted by Gasteiger charge is 2.32. The third-order valence-electron chi connectivity index (χ3n) is 6.17. The maximum Gasteiger partial charge on any atom is 0.404 e. The smallest absolute Gasteiger partial charge is 0.404 e. The highest BCUT2D eigenvalue weighted by molar-refractivity contribution is 5.95. The third kappa shape index (κ3) is 5.63. The Labute approximate surface area is 209 Å². The zero-order chi connectivity index (χ0) is 25.7. The zero-order valence-corrected chi connectivity index (χ0v) is 20.2. The number of hydrogen-bond donors (Lipinski definition) is 4. The van der Waals surface area contributed by atoms with Crippen LogP contribution in [0.1, 0.15) is 42.2 Å². The van der Waals surface area contributed by atoms with Crippen molar-refractivity contribution in [1.29, 1.82) is 0 Å². The van der Waals surface area contributed by atoms with E-state index in [4.69, 9.17) is 5.11 Å². The third-order valence-corrected chi connectivity index (χ3v) is 6.17. The number of nitrogens with one attached hydrogen (secondary N) is 3. The molecule has 3 aromatic rings. The van der Waals surface area contributed by atoms with Crippen LogP contribution in [0.3, 0.4) is 0 Å². The standard InChI is InChI=1S/C27H29N5O4/c1-17-15-23(31-25-5-3-4-12-28-25)22-16-21(10-11-24(22)32(17)18(2)33)19-6-8-20(9-7-19)26(34)29-13-14-30-27(35)36/h3-12,16-17,23,30H,13-15H2,1-2H3,(H,28,31)(H,29,34)(H,35,36)/t17-,23+/m0/s1. The van der Waals surface area contributed by atoms with Gasteiger partial charge in [-0.15, -0.1) is 0 Å². The number of nitrogens with zero attached hydrogens (tertiary/aromatic N) is 2. The molecule has 4 N–H and O–H groups in total. The Morgan fingerprint density at radius 3 is 2.39 bits per heavy atom. The molecule has 2 heterocycles. The summed E-state index contributed by atoms with van der Waals surface area (Å²) < 4.78 is 0. The van der Waals surface area contributed by atoms with E-state index in [1.165, 1.54) is 0 Å². The van der Waals surface area contributed by atoms with E-state index in [1.807, 2.05) is 54.3 Å². The van der Waals surface area contributed by atoms with Crippen LogP contribution >= 0.6 is 0 Å². The minimum Gasteiger partial charge on any atom is -0.465 e. The van der Waals surface area contributed by atoms with Gasteiger partial charge in [0.25, 0.3) is 5.91 Å². The van der Waals surface area contributed by atoms with Gasteiger partial charge in [0.2, 0.25) is 5.91 Å². The predicted octanol–water partition coefficient (Wildman–Crippen LogP) is 4.04. The van der Waals surface area contributed by atoms with Crippen molar-refractivity contribution in [3.05, 3.63) is 78.0 Å². The largest absolute Gasteiger partial charge is 0.465 e. The second kappa shape index (κ2) is 10.9. The van der Waals surface area contributed by atoms with Crippen LogP contribution in [0.2, 0.25) is 0 Å². The van der Waals surface area contributed by atoms with Crippen molar-refractivity contribution in [2.24, 2.45) is 0 Å². The van der Waals surface area contributed by atoms with Crippen molar-refractivity contribution in [2.75, 3.05) is 23.3 Å². The molecule has 36 heavy (non-hydrogen) atoms. The Morgan fingerprint density at radius 2 is 1.72 bits per heavy atom. The Bertz CT molecular complexity index is 1250. The van der Waals surface area contributed by atoms with Gasteiger partial charge < -0.3 is 26.0 Å². The van der Waals surface area contributed by atoms with Crippen LogP contribution < -0.4 is 20.9 Å². The second-order valence-corrected chi connectivity index (χ2v) is 8.72. The molecule has 9 nitrogen and oxygen atoms in total. The number of amides is 3. The summed E-state index contributed by atoms with van der Waals surface area (Å²) in [6.45, 7) is 3.97. The Morgan fingerprint density at radius 1 is 1.00 bits per heavy atom. The molecule has 4 rings (SSSR count). The first-order valence-corrected chi connectivity index (χ1v) is 11.8. The molecule has 186 valence electrons. The lowest BCUT2D eigenvalue weighted by Gasteiger charge is -2.39. The topological polar surface area (TPSA) is 124 Å². The molecule has 0 bridgehead atoms. The van der Waals surface area contributed by atoms with Crippen LogP contribution in [0.5, 0.6) is 0 Å². The zero-order valence-electron chi connectivity index (χ0n) is 20.2. The van der Waals surface area contributed by atoms with Crippen molar-refractivity contribution in [3.8, 4) is 11.1 Å². The Hall–Kier alpha value is -4.40. The first-order valence-electron chi connectivity index (χ1n) is 11.8. The summed E-state index contributed by atoms with van der Waals surface area (Å²) in [5.74, 6) is 0.503. The van der Waals surface area contributed by atoms with E-state index in [1.54, 1.807) is 25.3 Å². The van der Waals surface area contributed by atoms with Crippen LogP contribution in [-0.2, 0) is 4.79 Å². The number of carbonyl (C=O) groups excluding carboxylic acids is 2. The van der Waals surface area contributed by atoms with E-state index in [9.17, 15) is 14.4 Å². The van der Waals surface area contributed by atoms with E-state index in [0.29, 0.717) is 5.56 Å². The number of anilines is 2. The first kappa shape index (κ1) is 24.7. The fourth-order valence-corrected chi connectivity index (χ4v) is 4.55. The lowest BCUT2D eigenvalue weighted by Crippen LogP contribution is -2.43. The molecule has 0 fully saturated rings. The summed E-state index contributed by atoms with van der Waals surface area (Å²) in [6.07, 6.45) is 1.35. The van der Waals surface area contributed by atoms with Crippen molar-refractivity contribution < 1.29 is 19.5 Å². The average Bonchev–Trinajstić information content (AvgIpc) is 2.86. The molecule has 3 amide bonds. The Kier molecular flexibility index (Phi) is 7.48. The number of carbonyl (C=O) groups is 3. The summed E-state index contributed by atoms with van der Waals surface area (Å²) in [4.78, 5) is 41.5. The van der Waals surface area contributed by atoms with Gasteiger partial charge in [-0.3, -0.25) is 9.59 Å². The normalized spacial score (nSPS) is 16.6. The molecular formula is C27H29N5O4. The van der Waals surface area contributed by atoms with E-state index >= 15 is 0 Å². The molecule has 2 atom stereocenters. The molecule has 0 radical (unpaired) electrons. The summed E-state index contributed by atoms with van der Waals surface area (Å²) in [5, 5.41) is 17.0. The van der Waals surface area contributed by atoms with Crippen LogP contribution in [0.4, 0.5) is 16.3 Å². The number of pyridine rings is 1. The maximum absolute atomic E-state index is 12.4. The minimum absolute atomic E-state index is 0.00158. The average molecular weight is 488 g/mol. The van der Waals surface area contributed by atoms with Gasteiger partial charge in [0.05, 0.1) is 6.04 Å². The molecule has 9 heteroatoms. The van der Waals surface area contributed by atoms with Gasteiger partial charge in [0.15, 0.2) is 0 Å². The molecule has 1 aliphatic heterocycles. The van der Waals surface area contributed by atoms with Gasteiger partial charge in [0.1, 0.15) is 5.82 Å². The van der Waals surface area contributed by atoms with Gasteiger partial charge >= 0.3 is 6.09 Å². The van der Waals surface area contributed by atoms with Gasteiger partial charge in [0, 0.05) is 43.5 Å². The van der Waals surface area contributed by atoms with Crippen LogP contribution in [0.25, 0.3) is 11.1 Å². The van der Waals surface area contributed by atoms with Gasteiger partial charge in [-0.25, -0.2) is 9.78 Å². The first-order chi connectivity index (χ1) is 17.3. The SMILES string of the molecule is CC(=O)N1c2ccc(-c3ccc(C(=O)NCCNC(=O)O)cc3)cc2[C@H](Nc2ccccn2)C[C@@H]1C. The highest BCUT2D eigenvalue weighted by Crippen LogP contribution is 2.41. The number of hydrogen-bond acceptors (Lipinski definition) is 5. The molecule has 0 unspecified atom stereocenters. The van der Waals surface area contributed by atoms with Crippen molar-refractivity contribution in [3.63, 3.8) is 0 Å². The number of rotatable bonds is 7. The monoisotopic (exact) mass is 487 g/mol. The van der Waals surface area contributed by atoms with Crippen LogP contribution in [-0.4, -0.2) is 47.1 Å². The lowest BCUT2D eigenvalue weighted by atomic mass is 9.89. The van der Waals surface area contributed by atoms with Crippen LogP contribution in [0, 0.1) is 0 Å². The summed E-state index contributed by atoms with van der Waals surface area (Å²) in [7, 11) is 0. The van der Waals surface area contributed by atoms with Gasteiger partial charge in [-0.2, -0.15) is 0 Å². The molecule has 2 aromatic carbocycles. The van der Waals surface area contributed by atoms with Crippen molar-refractivity contribution in [2.45, 2.75) is 32.4 Å². The van der Waals surface area contributed by atoms with E-state index in [0.717, 1.165) is 34.6 Å². The summed E-state index contributed by atoms with van der Waals surface area (Å²) >= 11 is 0. The number of carboxylic acid groups (broad SMARTS) is 1. The predicted molar refractivity (Wildman–Crippen MR) is 138 cm³/mol. The quantitative estimate of drug-likeness (QED) is 0.373. The molecular weight excluding hydrogens is 458 g/mol.